The van der Waals surface area contributed by atoms with Gasteiger partial charge in [-0.2, -0.15) is 0 Å². The summed E-state index contributed by atoms with van der Waals surface area (Å²) in [6.07, 6.45) is 3.15. The number of hydrogen-bond acceptors (Lipinski definition) is 4. The molecule has 1 amide bonds. The first-order valence-corrected chi connectivity index (χ1v) is 6.02. The van der Waals surface area contributed by atoms with Gasteiger partial charge in [0.15, 0.2) is 5.58 Å². The van der Waals surface area contributed by atoms with E-state index in [0.717, 1.165) is 0 Å². The predicted molar refractivity (Wildman–Crippen MR) is 73.3 cm³/mol. The van der Waals surface area contributed by atoms with Crippen LogP contribution in [0.4, 0.5) is 5.69 Å². The quantitative estimate of drug-likeness (QED) is 0.784. The number of carbonyl (C=O) groups excluding carboxylic acids is 1. The van der Waals surface area contributed by atoms with Gasteiger partial charge in [-0.1, -0.05) is 12.1 Å². The molecule has 1 N–H and O–H groups in total. The average Bonchev–Trinajstić information content (AvgIpc) is 2.76. The fraction of sp³-hybridized carbons (Fsp3) is 0.0714. The number of fused-ring (bicyclic) bond motifs is 1. The van der Waals surface area contributed by atoms with Crippen LogP contribution in [0.25, 0.3) is 11.1 Å². The summed E-state index contributed by atoms with van der Waals surface area (Å²) < 4.78 is 6.36. The molecule has 0 saturated heterocycles. The van der Waals surface area contributed by atoms with E-state index in [1.807, 2.05) is 0 Å². The van der Waals surface area contributed by atoms with Crippen LogP contribution in [0.15, 0.2) is 58.0 Å². The van der Waals surface area contributed by atoms with Crippen LogP contribution in [0.5, 0.6) is 0 Å². The van der Waals surface area contributed by atoms with Crippen LogP contribution in [-0.2, 0) is 11.3 Å². The lowest BCUT2D eigenvalue weighted by molar-refractivity contribution is -0.116. The van der Waals surface area contributed by atoms with Crippen molar-refractivity contribution in [2.75, 3.05) is 5.32 Å². The van der Waals surface area contributed by atoms with Crippen LogP contribution < -0.4 is 11.1 Å². The van der Waals surface area contributed by atoms with Crippen molar-refractivity contribution in [3.63, 3.8) is 0 Å². The third kappa shape index (κ3) is 2.31. The molecule has 2 aromatic heterocycles. The molecule has 0 atom stereocenters. The smallest absolute Gasteiger partial charge is 0.408 e. The number of para-hydroxylation sites is 2. The van der Waals surface area contributed by atoms with Crippen molar-refractivity contribution in [3.05, 3.63) is 59.3 Å². The van der Waals surface area contributed by atoms with Crippen LogP contribution in [-0.4, -0.2) is 15.5 Å². The minimum Gasteiger partial charge on any atom is -0.408 e. The third-order valence-corrected chi connectivity index (χ3v) is 2.82. The number of anilines is 1. The molecule has 0 saturated carbocycles. The first-order chi connectivity index (χ1) is 9.74. The average molecular weight is 269 g/mol. The van der Waals surface area contributed by atoms with Crippen molar-refractivity contribution in [2.45, 2.75) is 6.54 Å². The highest BCUT2D eigenvalue weighted by molar-refractivity contribution is 5.91. The molecule has 0 fully saturated rings. The van der Waals surface area contributed by atoms with Gasteiger partial charge in [0, 0.05) is 6.20 Å². The van der Waals surface area contributed by atoms with Crippen LogP contribution in [0.3, 0.4) is 0 Å². The summed E-state index contributed by atoms with van der Waals surface area (Å²) in [4.78, 5) is 27.6. The van der Waals surface area contributed by atoms with Gasteiger partial charge in [0.1, 0.15) is 6.54 Å². The Labute approximate surface area is 113 Å². The predicted octanol–water partition coefficient (Wildman–Crippen LogP) is 1.63. The van der Waals surface area contributed by atoms with Crippen LogP contribution >= 0.6 is 0 Å². The maximum Gasteiger partial charge on any atom is 0.420 e. The second-order valence-electron chi connectivity index (χ2n) is 4.21. The van der Waals surface area contributed by atoms with Crippen LogP contribution in [0.2, 0.25) is 0 Å². The van der Waals surface area contributed by atoms with Gasteiger partial charge >= 0.3 is 5.76 Å². The second-order valence-corrected chi connectivity index (χ2v) is 4.21. The second kappa shape index (κ2) is 5.00. The lowest BCUT2D eigenvalue weighted by Gasteiger charge is -2.04. The van der Waals surface area contributed by atoms with Gasteiger partial charge in [0.25, 0.3) is 0 Å². The lowest BCUT2D eigenvalue weighted by Crippen LogP contribution is -2.24. The van der Waals surface area contributed by atoms with E-state index in [1.54, 1.807) is 42.6 Å². The van der Waals surface area contributed by atoms with Gasteiger partial charge < -0.3 is 9.73 Å². The Morgan fingerprint density at radius 2 is 2.10 bits per heavy atom. The maximum atomic E-state index is 11.9. The molecule has 20 heavy (non-hydrogen) atoms. The Morgan fingerprint density at radius 1 is 1.25 bits per heavy atom. The molecular weight excluding hydrogens is 258 g/mol. The molecule has 3 aromatic rings. The number of aromatic nitrogens is 2. The highest BCUT2D eigenvalue weighted by atomic mass is 16.4. The van der Waals surface area contributed by atoms with E-state index in [9.17, 15) is 9.59 Å². The zero-order valence-corrected chi connectivity index (χ0v) is 10.4. The highest BCUT2D eigenvalue weighted by Crippen LogP contribution is 2.12. The molecule has 0 unspecified atom stereocenters. The Bertz CT molecular complexity index is 805. The Kier molecular flexibility index (Phi) is 3.04. The molecule has 0 spiro atoms. The molecular formula is C14H11N3O3. The van der Waals surface area contributed by atoms with Crippen molar-refractivity contribution in [1.82, 2.24) is 9.55 Å². The molecule has 0 bridgehead atoms. The number of nitrogens with zero attached hydrogens (tertiary/aromatic N) is 2. The van der Waals surface area contributed by atoms with Gasteiger partial charge in [-0.05, 0) is 24.3 Å². The third-order valence-electron chi connectivity index (χ3n) is 2.82. The summed E-state index contributed by atoms with van der Waals surface area (Å²) in [5.41, 5.74) is 1.64. The standard InChI is InChI=1S/C14H11N3O3/c18-13(16-10-4-3-7-15-8-10)9-17-11-5-1-2-6-12(11)20-14(17)19/h1-8H,9H2,(H,16,18). The number of pyridine rings is 1. The topological polar surface area (TPSA) is 77.1 Å². The van der Waals surface area contributed by atoms with Crippen molar-refractivity contribution >= 4 is 22.7 Å². The van der Waals surface area contributed by atoms with Crippen molar-refractivity contribution < 1.29 is 9.21 Å². The van der Waals surface area contributed by atoms with Gasteiger partial charge in [-0.15, -0.1) is 0 Å². The number of rotatable bonds is 3. The van der Waals surface area contributed by atoms with E-state index in [2.05, 4.69) is 10.3 Å². The van der Waals surface area contributed by atoms with E-state index >= 15 is 0 Å². The fourth-order valence-corrected chi connectivity index (χ4v) is 1.94. The minimum absolute atomic E-state index is 0.106. The molecule has 1 aromatic carbocycles. The maximum absolute atomic E-state index is 11.9. The van der Waals surface area contributed by atoms with Gasteiger partial charge in [0.2, 0.25) is 5.91 Å². The summed E-state index contributed by atoms with van der Waals surface area (Å²) in [6, 6.07) is 10.4. The zero-order chi connectivity index (χ0) is 13.9. The zero-order valence-electron chi connectivity index (χ0n) is 10.4. The molecule has 6 heteroatoms. The minimum atomic E-state index is -0.549. The number of amides is 1. The van der Waals surface area contributed by atoms with Gasteiger partial charge in [-0.25, -0.2) is 4.79 Å². The number of carbonyl (C=O) groups is 1. The summed E-state index contributed by atoms with van der Waals surface area (Å²) in [5, 5.41) is 2.67. The fourth-order valence-electron chi connectivity index (χ4n) is 1.94. The number of nitrogens with one attached hydrogen (secondary N) is 1. The summed E-state index contributed by atoms with van der Waals surface area (Å²) >= 11 is 0. The largest absolute Gasteiger partial charge is 0.420 e. The molecule has 100 valence electrons. The van der Waals surface area contributed by atoms with E-state index in [4.69, 9.17) is 4.42 Å². The molecule has 0 radical (unpaired) electrons. The number of benzene rings is 1. The summed E-state index contributed by atoms with van der Waals surface area (Å²) in [7, 11) is 0. The Hall–Kier alpha value is -2.89. The monoisotopic (exact) mass is 269 g/mol. The summed E-state index contributed by atoms with van der Waals surface area (Å²) in [5.74, 6) is -0.862. The number of hydrogen-bond donors (Lipinski definition) is 1. The first kappa shape index (κ1) is 12.2. The Morgan fingerprint density at radius 3 is 2.90 bits per heavy atom. The van der Waals surface area contributed by atoms with Crippen molar-refractivity contribution in [2.24, 2.45) is 0 Å². The normalized spacial score (nSPS) is 10.6. The first-order valence-electron chi connectivity index (χ1n) is 6.02. The lowest BCUT2D eigenvalue weighted by atomic mass is 10.3. The molecule has 2 heterocycles. The molecule has 0 aliphatic heterocycles. The highest BCUT2D eigenvalue weighted by Gasteiger charge is 2.12. The SMILES string of the molecule is O=C(Cn1c(=O)oc2ccccc21)Nc1cccnc1. The molecule has 0 aliphatic carbocycles. The molecule has 3 rings (SSSR count). The summed E-state index contributed by atoms with van der Waals surface area (Å²) in [6.45, 7) is -0.106. The van der Waals surface area contributed by atoms with E-state index in [-0.39, 0.29) is 12.5 Å². The van der Waals surface area contributed by atoms with Crippen molar-refractivity contribution in [1.29, 1.82) is 0 Å². The van der Waals surface area contributed by atoms with Crippen LogP contribution in [0, 0.1) is 0 Å². The van der Waals surface area contributed by atoms with Crippen LogP contribution in [0.1, 0.15) is 0 Å². The molecule has 0 aliphatic rings. The Balaban J connectivity index is 1.85. The van der Waals surface area contributed by atoms with Gasteiger partial charge in [0.05, 0.1) is 17.4 Å². The van der Waals surface area contributed by atoms with E-state index in [1.165, 1.54) is 10.8 Å². The number of oxazole rings is 1. The van der Waals surface area contributed by atoms with E-state index < -0.39 is 5.76 Å². The molecule has 6 nitrogen and oxygen atoms in total. The van der Waals surface area contributed by atoms with Crippen molar-refractivity contribution in [3.8, 4) is 0 Å². The van der Waals surface area contributed by atoms with Gasteiger partial charge in [-0.3, -0.25) is 14.3 Å². The van der Waals surface area contributed by atoms with E-state index in [0.29, 0.717) is 16.8 Å².